The van der Waals surface area contributed by atoms with E-state index in [4.69, 9.17) is 12.2 Å². The number of rotatable bonds is 4. The molecule has 1 fully saturated rings. The third-order valence-corrected chi connectivity index (χ3v) is 4.90. The molecular weight excluding hydrogens is 364 g/mol. The van der Waals surface area contributed by atoms with Gasteiger partial charge < -0.3 is 0 Å². The fourth-order valence-corrected chi connectivity index (χ4v) is 3.61. The number of hydrogen-bond acceptors (Lipinski definition) is 4. The molecule has 6 heteroatoms. The first-order chi connectivity index (χ1) is 12.5. The van der Waals surface area contributed by atoms with Crippen LogP contribution in [0.4, 0.5) is 0 Å². The zero-order chi connectivity index (χ0) is 18.5. The average Bonchev–Trinajstić information content (AvgIpc) is 2.90. The second-order valence-corrected chi connectivity index (χ2v) is 7.30. The molecule has 26 heavy (non-hydrogen) atoms. The van der Waals surface area contributed by atoms with Crippen molar-refractivity contribution >= 4 is 46.2 Å². The maximum absolute atomic E-state index is 12.6. The summed E-state index contributed by atoms with van der Waals surface area (Å²) in [5.74, 6) is -0.704. The number of carbonyl (C=O) groups is 2. The largest absolute Gasteiger partial charge is 0.285 e. The van der Waals surface area contributed by atoms with Gasteiger partial charge in [-0.15, -0.1) is 0 Å². The number of nitrogens with zero attached hydrogens (tertiary/aromatic N) is 1. The predicted octanol–water partition coefficient (Wildman–Crippen LogP) is 4.18. The lowest BCUT2D eigenvalue weighted by Gasteiger charge is -2.15. The van der Waals surface area contributed by atoms with Crippen molar-refractivity contribution in [1.29, 1.82) is 0 Å². The molecule has 2 aromatic carbocycles. The van der Waals surface area contributed by atoms with Gasteiger partial charge >= 0.3 is 0 Å². The molecule has 0 bridgehead atoms. The molecule has 2 aromatic rings. The van der Waals surface area contributed by atoms with Gasteiger partial charge in [0.25, 0.3) is 11.8 Å². The second-order valence-electron chi connectivity index (χ2n) is 5.62. The third-order valence-electron chi connectivity index (χ3n) is 3.60. The van der Waals surface area contributed by atoms with E-state index in [0.29, 0.717) is 14.8 Å². The summed E-state index contributed by atoms with van der Waals surface area (Å²) in [6, 6.07) is 18.5. The fraction of sp³-hybridized carbons (Fsp3) is 0.0500. The van der Waals surface area contributed by atoms with E-state index in [0.717, 1.165) is 16.1 Å². The Morgan fingerprint density at radius 2 is 1.69 bits per heavy atom. The molecule has 0 unspecified atom stereocenters. The summed E-state index contributed by atoms with van der Waals surface area (Å²) < 4.78 is 0.304. The van der Waals surface area contributed by atoms with E-state index in [1.54, 1.807) is 30.3 Å². The lowest BCUT2D eigenvalue weighted by molar-refractivity contribution is -0.123. The van der Waals surface area contributed by atoms with E-state index in [9.17, 15) is 9.59 Å². The van der Waals surface area contributed by atoms with Gasteiger partial charge in [0.2, 0.25) is 0 Å². The highest BCUT2D eigenvalue weighted by molar-refractivity contribution is 8.26. The van der Waals surface area contributed by atoms with E-state index >= 15 is 0 Å². The molecule has 1 N–H and O–H groups in total. The molecule has 130 valence electrons. The van der Waals surface area contributed by atoms with Gasteiger partial charge in [-0.2, -0.15) is 5.01 Å². The number of carbonyl (C=O) groups excluding carboxylic acids is 2. The van der Waals surface area contributed by atoms with Crippen molar-refractivity contribution in [1.82, 2.24) is 10.4 Å². The average molecular weight is 380 g/mol. The topological polar surface area (TPSA) is 49.4 Å². The normalized spacial score (nSPS) is 16.3. The summed E-state index contributed by atoms with van der Waals surface area (Å²) in [5, 5.41) is 1.12. The van der Waals surface area contributed by atoms with Crippen LogP contribution in [-0.2, 0) is 4.79 Å². The Hall–Kier alpha value is -2.70. The zero-order valence-corrected chi connectivity index (χ0v) is 15.6. The highest BCUT2D eigenvalue weighted by Crippen LogP contribution is 2.31. The maximum Gasteiger partial charge on any atom is 0.285 e. The number of thioether (sulfide) groups is 1. The monoisotopic (exact) mass is 380 g/mol. The highest BCUT2D eigenvalue weighted by atomic mass is 32.2. The van der Waals surface area contributed by atoms with Crippen LogP contribution in [0.15, 0.2) is 77.2 Å². The number of thiocarbonyl (C=S) groups is 1. The molecule has 1 aliphatic rings. The Kier molecular flexibility index (Phi) is 5.65. The first-order valence-corrected chi connectivity index (χ1v) is 9.14. The molecule has 0 aromatic heterocycles. The predicted molar refractivity (Wildman–Crippen MR) is 109 cm³/mol. The molecule has 0 spiro atoms. The Morgan fingerprint density at radius 1 is 1.08 bits per heavy atom. The summed E-state index contributed by atoms with van der Waals surface area (Å²) in [4.78, 5) is 25.3. The lowest BCUT2D eigenvalue weighted by atomic mass is 10.1. The Morgan fingerprint density at radius 3 is 2.35 bits per heavy atom. The van der Waals surface area contributed by atoms with Crippen molar-refractivity contribution in [2.45, 2.75) is 6.92 Å². The van der Waals surface area contributed by atoms with Crippen LogP contribution >= 0.6 is 24.0 Å². The van der Waals surface area contributed by atoms with Gasteiger partial charge in [0.1, 0.15) is 0 Å². The molecule has 1 aliphatic heterocycles. The summed E-state index contributed by atoms with van der Waals surface area (Å²) in [6.07, 6.45) is 3.76. The lowest BCUT2D eigenvalue weighted by Crippen LogP contribution is -2.44. The first kappa shape index (κ1) is 18.1. The summed E-state index contributed by atoms with van der Waals surface area (Å²) in [7, 11) is 0. The van der Waals surface area contributed by atoms with E-state index in [-0.39, 0.29) is 11.8 Å². The van der Waals surface area contributed by atoms with Gasteiger partial charge in [0.05, 0.1) is 4.91 Å². The Labute approximate surface area is 161 Å². The van der Waals surface area contributed by atoms with Crippen LogP contribution in [0.1, 0.15) is 22.8 Å². The van der Waals surface area contributed by atoms with Crippen LogP contribution in [0.2, 0.25) is 0 Å². The van der Waals surface area contributed by atoms with E-state index in [1.165, 1.54) is 11.8 Å². The SMILES string of the molecule is CC(=Cc1ccccc1)C=C1SC(=S)N(NC(=O)c2ccccc2)C1=O. The van der Waals surface area contributed by atoms with Crippen molar-refractivity contribution in [3.05, 3.63) is 88.3 Å². The standard InChI is InChI=1S/C20H16N2O2S2/c1-14(12-15-8-4-2-5-9-15)13-17-19(24)22(20(25)26-17)21-18(23)16-10-6-3-7-11-16/h2-13H,1H3,(H,21,23). The molecule has 0 atom stereocenters. The highest BCUT2D eigenvalue weighted by Gasteiger charge is 2.33. The molecule has 3 rings (SSSR count). The van der Waals surface area contributed by atoms with Crippen molar-refractivity contribution < 1.29 is 9.59 Å². The summed E-state index contributed by atoms with van der Waals surface area (Å²) >= 11 is 6.41. The first-order valence-electron chi connectivity index (χ1n) is 7.92. The quantitative estimate of drug-likeness (QED) is 0.639. The maximum atomic E-state index is 12.6. The molecule has 4 nitrogen and oxygen atoms in total. The van der Waals surface area contributed by atoms with Gasteiger partial charge in [-0.25, -0.2) is 0 Å². The van der Waals surface area contributed by atoms with Gasteiger partial charge in [-0.1, -0.05) is 66.4 Å². The van der Waals surface area contributed by atoms with Crippen LogP contribution in [-0.4, -0.2) is 21.1 Å². The van der Waals surface area contributed by atoms with Crippen LogP contribution < -0.4 is 5.43 Å². The third kappa shape index (κ3) is 4.28. The molecule has 1 saturated heterocycles. The second kappa shape index (κ2) is 8.12. The van der Waals surface area contributed by atoms with Gasteiger partial charge in [-0.3, -0.25) is 15.0 Å². The number of benzene rings is 2. The van der Waals surface area contributed by atoms with E-state index < -0.39 is 0 Å². The van der Waals surface area contributed by atoms with Crippen molar-refractivity contribution in [2.75, 3.05) is 0 Å². The molecule has 0 saturated carbocycles. The summed E-state index contributed by atoms with van der Waals surface area (Å²) in [6.45, 7) is 1.92. The number of nitrogens with one attached hydrogen (secondary N) is 1. The Bertz CT molecular complexity index is 906. The minimum Gasteiger partial charge on any atom is -0.267 e. The number of amides is 2. The zero-order valence-electron chi connectivity index (χ0n) is 14.0. The van der Waals surface area contributed by atoms with Crippen molar-refractivity contribution in [2.24, 2.45) is 0 Å². The van der Waals surface area contributed by atoms with Crippen LogP contribution in [0.5, 0.6) is 0 Å². The van der Waals surface area contributed by atoms with E-state index in [1.807, 2.05) is 49.4 Å². The number of hydrogen-bond donors (Lipinski definition) is 1. The molecule has 0 radical (unpaired) electrons. The molecule has 1 heterocycles. The number of hydrazine groups is 1. The van der Waals surface area contributed by atoms with Crippen LogP contribution in [0.3, 0.4) is 0 Å². The van der Waals surface area contributed by atoms with E-state index in [2.05, 4.69) is 5.43 Å². The Balaban J connectivity index is 1.74. The minimum atomic E-state index is -0.375. The van der Waals surface area contributed by atoms with Crippen molar-refractivity contribution in [3.8, 4) is 0 Å². The molecule has 0 aliphatic carbocycles. The van der Waals surface area contributed by atoms with Gasteiger partial charge in [0, 0.05) is 5.56 Å². The fourth-order valence-electron chi connectivity index (χ4n) is 2.38. The minimum absolute atomic E-state index is 0.304. The van der Waals surface area contributed by atoms with Gasteiger partial charge in [-0.05, 0) is 48.5 Å². The van der Waals surface area contributed by atoms with Crippen molar-refractivity contribution in [3.63, 3.8) is 0 Å². The smallest absolute Gasteiger partial charge is 0.267 e. The van der Waals surface area contributed by atoms with Crippen LogP contribution in [0.25, 0.3) is 6.08 Å². The summed E-state index contributed by atoms with van der Waals surface area (Å²) in [5.41, 5.74) is 5.01. The van der Waals surface area contributed by atoms with Crippen LogP contribution in [0, 0.1) is 0 Å². The van der Waals surface area contributed by atoms with Gasteiger partial charge in [0.15, 0.2) is 4.32 Å². The molecular formula is C20H16N2O2S2. The molecule has 2 amide bonds. The number of allylic oxidation sites excluding steroid dienone is 2.